The molecule has 0 bridgehead atoms. The smallest absolute Gasteiger partial charge is 0.305 e. The summed E-state index contributed by atoms with van der Waals surface area (Å²) in [6, 6.07) is -0.537. The van der Waals surface area contributed by atoms with Crippen molar-refractivity contribution in [2.75, 3.05) is 13.2 Å². The molecule has 0 aromatic carbocycles. The largest absolute Gasteiger partial charge is 0.466 e. The standard InChI is InChI=1S/C76H149NO5/c1-3-5-7-9-11-13-15-17-19-20-35-39-42-46-50-54-58-62-66-70-76(81)82-71-67-63-59-55-51-47-43-40-37-34-32-30-28-26-24-22-21-23-25-27-29-31-33-36-38-41-45-49-53-57-61-65-69-75(80)77-73(72-78)74(79)68-64-60-56-52-48-44-18-16-14-12-10-8-6-4-2/h17,19,73-74,78-79H,3-16,18,20-72H2,1-2H3,(H,77,80)/b19-17-. The summed E-state index contributed by atoms with van der Waals surface area (Å²) in [7, 11) is 0. The molecule has 1 amide bonds. The lowest BCUT2D eigenvalue weighted by molar-refractivity contribution is -0.143. The molecular formula is C76H149NO5. The molecule has 0 saturated carbocycles. The van der Waals surface area contributed by atoms with Crippen molar-refractivity contribution >= 4 is 11.9 Å². The first kappa shape index (κ1) is 80.6. The molecule has 0 aromatic rings. The van der Waals surface area contributed by atoms with Crippen molar-refractivity contribution in [3.8, 4) is 0 Å². The van der Waals surface area contributed by atoms with E-state index in [0.29, 0.717) is 25.9 Å². The Morgan fingerprint density at radius 3 is 0.866 bits per heavy atom. The zero-order valence-corrected chi connectivity index (χ0v) is 56.0. The Kier molecular flexibility index (Phi) is 70.8. The topological polar surface area (TPSA) is 95.9 Å². The molecule has 0 aliphatic rings. The zero-order chi connectivity index (χ0) is 59.2. The van der Waals surface area contributed by atoms with Crippen molar-refractivity contribution in [1.82, 2.24) is 5.32 Å². The van der Waals surface area contributed by atoms with Crippen LogP contribution in [0.25, 0.3) is 0 Å². The van der Waals surface area contributed by atoms with Crippen molar-refractivity contribution in [1.29, 1.82) is 0 Å². The predicted octanol–water partition coefficient (Wildman–Crippen LogP) is 24.7. The molecule has 0 aliphatic carbocycles. The number of aliphatic hydroxyl groups is 2. The van der Waals surface area contributed by atoms with Gasteiger partial charge in [0.2, 0.25) is 5.91 Å². The fourth-order valence-corrected chi connectivity index (χ4v) is 12.3. The Labute approximate surface area is 514 Å². The fourth-order valence-electron chi connectivity index (χ4n) is 12.3. The number of unbranched alkanes of at least 4 members (excludes halogenated alkanes) is 59. The molecule has 3 N–H and O–H groups in total. The van der Waals surface area contributed by atoms with Gasteiger partial charge in [0.05, 0.1) is 25.4 Å². The second kappa shape index (κ2) is 72.1. The number of hydrogen-bond acceptors (Lipinski definition) is 5. The summed E-state index contributed by atoms with van der Waals surface area (Å²) in [6.07, 6.45) is 90.1. The van der Waals surface area contributed by atoms with E-state index in [1.807, 2.05) is 0 Å². The average Bonchev–Trinajstić information content (AvgIpc) is 3.48. The van der Waals surface area contributed by atoms with Gasteiger partial charge in [0.15, 0.2) is 0 Å². The Morgan fingerprint density at radius 2 is 0.573 bits per heavy atom. The third-order valence-corrected chi connectivity index (χ3v) is 18.1. The van der Waals surface area contributed by atoms with E-state index < -0.39 is 12.1 Å². The monoisotopic (exact) mass is 1160 g/mol. The first-order valence-corrected chi connectivity index (χ1v) is 37.9. The molecule has 0 saturated heterocycles. The lowest BCUT2D eigenvalue weighted by Crippen LogP contribution is -2.45. The molecular weight excluding hydrogens is 1010 g/mol. The molecule has 2 unspecified atom stereocenters. The molecule has 0 aliphatic heterocycles. The van der Waals surface area contributed by atoms with Gasteiger partial charge in [-0.25, -0.2) is 0 Å². The van der Waals surface area contributed by atoms with Crippen LogP contribution in [0.15, 0.2) is 12.2 Å². The van der Waals surface area contributed by atoms with Gasteiger partial charge in [-0.15, -0.1) is 0 Å². The summed E-state index contributed by atoms with van der Waals surface area (Å²) in [6.45, 7) is 4.99. The Balaban J connectivity index is 3.29. The molecule has 82 heavy (non-hydrogen) atoms. The summed E-state index contributed by atoms with van der Waals surface area (Å²) in [5, 5.41) is 23.3. The van der Waals surface area contributed by atoms with Gasteiger partial charge in [0.25, 0.3) is 0 Å². The average molecular weight is 1160 g/mol. The number of hydrogen-bond donors (Lipinski definition) is 3. The number of rotatable bonds is 72. The molecule has 6 nitrogen and oxygen atoms in total. The Morgan fingerprint density at radius 1 is 0.329 bits per heavy atom. The van der Waals surface area contributed by atoms with Crippen LogP contribution in [0.4, 0.5) is 0 Å². The predicted molar refractivity (Wildman–Crippen MR) is 361 cm³/mol. The molecule has 0 aromatic heterocycles. The SMILES string of the molecule is CCCCCCCC/C=C\CCCCCCCCCCCC(=O)OCCCCCCCCCCCCCCCCCCCCCCCCCCCCCCCCCCC(=O)NC(CO)C(O)CCCCCCCCCCCCCCCC. The number of carbonyl (C=O) groups is 2. The lowest BCUT2D eigenvalue weighted by atomic mass is 10.0. The summed E-state index contributed by atoms with van der Waals surface area (Å²) >= 11 is 0. The Bertz CT molecular complexity index is 1240. The molecule has 488 valence electrons. The quantitative estimate of drug-likeness (QED) is 0.0320. The number of nitrogens with one attached hydrogen (secondary N) is 1. The molecule has 0 fully saturated rings. The van der Waals surface area contributed by atoms with Crippen LogP contribution in [0, 0.1) is 0 Å². The minimum absolute atomic E-state index is 0.0219. The van der Waals surface area contributed by atoms with Crippen LogP contribution in [0.1, 0.15) is 438 Å². The number of carbonyl (C=O) groups excluding carboxylic acids is 2. The van der Waals surface area contributed by atoms with Gasteiger partial charge >= 0.3 is 5.97 Å². The molecule has 0 spiro atoms. The van der Waals surface area contributed by atoms with Crippen molar-refractivity contribution in [2.24, 2.45) is 0 Å². The van der Waals surface area contributed by atoms with Gasteiger partial charge in [-0.2, -0.15) is 0 Å². The van der Waals surface area contributed by atoms with Crippen molar-refractivity contribution in [3.05, 3.63) is 12.2 Å². The van der Waals surface area contributed by atoms with Crippen molar-refractivity contribution in [3.63, 3.8) is 0 Å². The van der Waals surface area contributed by atoms with Crippen LogP contribution in [0.3, 0.4) is 0 Å². The molecule has 0 rings (SSSR count). The number of aliphatic hydroxyl groups excluding tert-OH is 2. The number of esters is 1. The van der Waals surface area contributed by atoms with Crippen LogP contribution in [-0.2, 0) is 14.3 Å². The highest BCUT2D eigenvalue weighted by molar-refractivity contribution is 5.76. The van der Waals surface area contributed by atoms with Crippen LogP contribution in [0.2, 0.25) is 0 Å². The van der Waals surface area contributed by atoms with E-state index in [1.165, 1.54) is 366 Å². The third-order valence-electron chi connectivity index (χ3n) is 18.1. The van der Waals surface area contributed by atoms with Gasteiger partial charge in [-0.05, 0) is 51.4 Å². The van der Waals surface area contributed by atoms with Gasteiger partial charge in [-0.1, -0.05) is 386 Å². The maximum Gasteiger partial charge on any atom is 0.305 e. The van der Waals surface area contributed by atoms with Crippen LogP contribution in [0.5, 0.6) is 0 Å². The Hall–Kier alpha value is -1.40. The maximum absolute atomic E-state index is 12.5. The highest BCUT2D eigenvalue weighted by atomic mass is 16.5. The lowest BCUT2D eigenvalue weighted by Gasteiger charge is -2.22. The second-order valence-electron chi connectivity index (χ2n) is 26.3. The minimum Gasteiger partial charge on any atom is -0.466 e. The number of allylic oxidation sites excluding steroid dienone is 2. The molecule has 2 atom stereocenters. The first-order valence-electron chi connectivity index (χ1n) is 37.9. The normalized spacial score (nSPS) is 12.5. The fraction of sp³-hybridized carbons (Fsp3) is 0.947. The van der Waals surface area contributed by atoms with Crippen LogP contribution in [-0.4, -0.2) is 47.4 Å². The minimum atomic E-state index is -0.660. The second-order valence-corrected chi connectivity index (χ2v) is 26.3. The summed E-state index contributed by atoms with van der Waals surface area (Å²) < 4.78 is 5.52. The summed E-state index contributed by atoms with van der Waals surface area (Å²) in [5.74, 6) is -0.00524. The highest BCUT2D eigenvalue weighted by Crippen LogP contribution is 2.20. The number of amides is 1. The molecule has 0 heterocycles. The van der Waals surface area contributed by atoms with Gasteiger partial charge in [0.1, 0.15) is 0 Å². The van der Waals surface area contributed by atoms with E-state index in [9.17, 15) is 19.8 Å². The van der Waals surface area contributed by atoms with Crippen LogP contribution < -0.4 is 5.32 Å². The molecule has 0 radical (unpaired) electrons. The van der Waals surface area contributed by atoms with Crippen molar-refractivity contribution in [2.45, 2.75) is 450 Å². The van der Waals surface area contributed by atoms with Gasteiger partial charge in [0, 0.05) is 12.8 Å². The summed E-state index contributed by atoms with van der Waals surface area (Å²) in [4.78, 5) is 24.6. The number of ether oxygens (including phenoxy) is 1. The van der Waals surface area contributed by atoms with Crippen molar-refractivity contribution < 1.29 is 24.5 Å². The zero-order valence-electron chi connectivity index (χ0n) is 56.0. The highest BCUT2D eigenvalue weighted by Gasteiger charge is 2.20. The third kappa shape index (κ3) is 67.7. The summed E-state index contributed by atoms with van der Waals surface area (Å²) in [5.41, 5.74) is 0. The van der Waals surface area contributed by atoms with Crippen LogP contribution >= 0.6 is 0 Å². The first-order chi connectivity index (χ1) is 40.5. The van der Waals surface area contributed by atoms with E-state index in [4.69, 9.17) is 4.74 Å². The maximum atomic E-state index is 12.5. The van der Waals surface area contributed by atoms with E-state index >= 15 is 0 Å². The van der Waals surface area contributed by atoms with E-state index in [1.54, 1.807) is 0 Å². The van der Waals surface area contributed by atoms with E-state index in [-0.39, 0.29) is 18.5 Å². The van der Waals surface area contributed by atoms with E-state index in [0.717, 1.165) is 38.5 Å². The van der Waals surface area contributed by atoms with Gasteiger partial charge < -0.3 is 20.3 Å². The molecule has 6 heteroatoms. The van der Waals surface area contributed by atoms with E-state index in [2.05, 4.69) is 31.3 Å². The van der Waals surface area contributed by atoms with Gasteiger partial charge in [-0.3, -0.25) is 9.59 Å².